The summed E-state index contributed by atoms with van der Waals surface area (Å²) in [4.78, 5) is 24.5. The fourth-order valence-corrected chi connectivity index (χ4v) is 4.32. The lowest BCUT2D eigenvalue weighted by molar-refractivity contribution is 0.170. The first-order chi connectivity index (χ1) is 14.2. The molecule has 1 fully saturated rings. The molecule has 2 N–H and O–H groups in total. The molecule has 1 saturated carbocycles. The number of aromatic nitrogens is 2. The predicted molar refractivity (Wildman–Crippen MR) is 109 cm³/mol. The molecule has 0 saturated heterocycles. The first-order valence-corrected chi connectivity index (χ1v) is 9.90. The Morgan fingerprint density at radius 1 is 1.10 bits per heavy atom. The van der Waals surface area contributed by atoms with Gasteiger partial charge in [-0.25, -0.2) is 9.59 Å². The second-order valence-electron chi connectivity index (χ2n) is 7.64. The molecule has 7 nitrogen and oxygen atoms in total. The Morgan fingerprint density at radius 3 is 2.69 bits per heavy atom. The zero-order chi connectivity index (χ0) is 20.0. The number of fused-ring (bicyclic) bond motifs is 2. The standard InChI is InChI=1S/C22H22N4O3/c1-29-22(28)26-20-7-3-6-18(17(20)12-23-26)24-21(27)25-19-11-10-15-14(13-8-9-13)4-2-5-16(15)19/h2-7,12-13,19H,8-11H2,1H3,(H2,24,25,27). The molecule has 0 aliphatic heterocycles. The number of hydrogen-bond acceptors (Lipinski definition) is 4. The van der Waals surface area contributed by atoms with Crippen LogP contribution in [0.5, 0.6) is 0 Å². The molecular formula is C22H22N4O3. The summed E-state index contributed by atoms with van der Waals surface area (Å²) in [5, 5.41) is 10.8. The molecule has 5 rings (SSSR count). The Morgan fingerprint density at radius 2 is 1.90 bits per heavy atom. The summed E-state index contributed by atoms with van der Waals surface area (Å²) >= 11 is 0. The van der Waals surface area contributed by atoms with E-state index >= 15 is 0 Å². The van der Waals surface area contributed by atoms with Crippen molar-refractivity contribution in [3.8, 4) is 0 Å². The average molecular weight is 390 g/mol. The molecule has 29 heavy (non-hydrogen) atoms. The molecule has 2 aliphatic rings. The lowest BCUT2D eigenvalue weighted by Crippen LogP contribution is -2.31. The number of rotatable bonds is 3. The highest BCUT2D eigenvalue weighted by atomic mass is 16.5. The largest absolute Gasteiger partial charge is 0.451 e. The van der Waals surface area contributed by atoms with Crippen LogP contribution in [0.2, 0.25) is 0 Å². The number of benzene rings is 2. The van der Waals surface area contributed by atoms with E-state index in [0.29, 0.717) is 22.5 Å². The van der Waals surface area contributed by atoms with Gasteiger partial charge in [0.1, 0.15) is 0 Å². The number of urea groups is 1. The van der Waals surface area contributed by atoms with Gasteiger partial charge in [-0.05, 0) is 60.4 Å². The molecule has 2 amide bonds. The van der Waals surface area contributed by atoms with Crippen molar-refractivity contribution in [1.82, 2.24) is 15.1 Å². The fourth-order valence-electron chi connectivity index (χ4n) is 4.32. The van der Waals surface area contributed by atoms with Gasteiger partial charge in [0, 0.05) is 5.39 Å². The summed E-state index contributed by atoms with van der Waals surface area (Å²) in [5.74, 6) is 0.710. The summed E-state index contributed by atoms with van der Waals surface area (Å²) in [5.41, 5.74) is 5.30. The van der Waals surface area contributed by atoms with Crippen LogP contribution in [0.1, 0.15) is 47.9 Å². The van der Waals surface area contributed by atoms with Gasteiger partial charge in [0.25, 0.3) is 0 Å². The fraction of sp³-hybridized carbons (Fsp3) is 0.318. The number of nitrogens with zero attached hydrogens (tertiary/aromatic N) is 2. The molecule has 2 aliphatic carbocycles. The summed E-state index contributed by atoms with van der Waals surface area (Å²) < 4.78 is 5.91. The second-order valence-corrected chi connectivity index (χ2v) is 7.64. The Labute approximate surface area is 168 Å². The van der Waals surface area contributed by atoms with E-state index in [2.05, 4.69) is 33.9 Å². The molecule has 3 aromatic rings. The van der Waals surface area contributed by atoms with Crippen molar-refractivity contribution in [2.45, 2.75) is 37.6 Å². The molecule has 2 aromatic carbocycles. The number of methoxy groups -OCH3 is 1. The third-order valence-electron chi connectivity index (χ3n) is 5.84. The van der Waals surface area contributed by atoms with Crippen LogP contribution < -0.4 is 10.6 Å². The molecule has 148 valence electrons. The number of nitrogens with one attached hydrogen (secondary N) is 2. The Kier molecular flexibility index (Phi) is 4.23. The van der Waals surface area contributed by atoms with Gasteiger partial charge in [-0.2, -0.15) is 9.78 Å². The van der Waals surface area contributed by atoms with Crippen LogP contribution in [0.4, 0.5) is 15.3 Å². The molecule has 1 atom stereocenters. The van der Waals surface area contributed by atoms with E-state index in [9.17, 15) is 9.59 Å². The van der Waals surface area contributed by atoms with Crippen molar-refractivity contribution in [2.75, 3.05) is 12.4 Å². The number of anilines is 1. The van der Waals surface area contributed by atoms with E-state index in [4.69, 9.17) is 4.74 Å². The third-order valence-corrected chi connectivity index (χ3v) is 5.84. The smallest absolute Gasteiger partial charge is 0.434 e. The van der Waals surface area contributed by atoms with Crippen molar-refractivity contribution in [3.63, 3.8) is 0 Å². The highest BCUT2D eigenvalue weighted by molar-refractivity contribution is 6.02. The Bertz CT molecular complexity index is 1120. The number of carbonyl (C=O) groups excluding carboxylic acids is 2. The zero-order valence-electron chi connectivity index (χ0n) is 16.1. The first-order valence-electron chi connectivity index (χ1n) is 9.90. The highest BCUT2D eigenvalue weighted by Gasteiger charge is 2.32. The topological polar surface area (TPSA) is 85.2 Å². The van der Waals surface area contributed by atoms with Gasteiger partial charge in [-0.15, -0.1) is 0 Å². The Hall–Kier alpha value is -3.35. The first kappa shape index (κ1) is 17.7. The van der Waals surface area contributed by atoms with E-state index in [0.717, 1.165) is 12.8 Å². The van der Waals surface area contributed by atoms with Gasteiger partial charge >= 0.3 is 12.1 Å². The minimum absolute atomic E-state index is 0.0145. The quantitative estimate of drug-likeness (QED) is 0.697. The molecule has 7 heteroatoms. The highest BCUT2D eigenvalue weighted by Crippen LogP contribution is 2.45. The average Bonchev–Trinajstić information content (AvgIpc) is 3.36. The van der Waals surface area contributed by atoms with Crippen LogP contribution in [0.25, 0.3) is 10.9 Å². The third kappa shape index (κ3) is 3.12. The van der Waals surface area contributed by atoms with Gasteiger partial charge in [-0.1, -0.05) is 24.3 Å². The maximum Gasteiger partial charge on any atom is 0.434 e. The van der Waals surface area contributed by atoms with Gasteiger partial charge in [0.15, 0.2) is 0 Å². The van der Waals surface area contributed by atoms with Crippen LogP contribution >= 0.6 is 0 Å². The van der Waals surface area contributed by atoms with Gasteiger partial charge in [-0.3, -0.25) is 0 Å². The summed E-state index contributed by atoms with van der Waals surface area (Å²) in [6.45, 7) is 0. The maximum absolute atomic E-state index is 12.7. The van der Waals surface area contributed by atoms with Crippen molar-refractivity contribution in [1.29, 1.82) is 0 Å². The van der Waals surface area contributed by atoms with E-state index in [1.807, 2.05) is 0 Å². The van der Waals surface area contributed by atoms with E-state index in [-0.39, 0.29) is 12.1 Å². The van der Waals surface area contributed by atoms with Crippen LogP contribution in [-0.4, -0.2) is 29.0 Å². The molecule has 0 radical (unpaired) electrons. The molecule has 0 spiro atoms. The van der Waals surface area contributed by atoms with Crippen LogP contribution in [0.3, 0.4) is 0 Å². The Balaban J connectivity index is 1.34. The second kappa shape index (κ2) is 6.92. The summed E-state index contributed by atoms with van der Waals surface area (Å²) in [7, 11) is 1.31. The molecule has 1 heterocycles. The van der Waals surface area contributed by atoms with E-state index < -0.39 is 6.09 Å². The lowest BCUT2D eigenvalue weighted by atomic mass is 9.99. The number of ether oxygens (including phenoxy) is 1. The SMILES string of the molecule is COC(=O)n1ncc2c(NC(=O)NC3CCc4c(C5CC5)cccc43)cccc21. The maximum atomic E-state index is 12.7. The van der Waals surface area contributed by atoms with Crippen LogP contribution in [0, 0.1) is 0 Å². The molecule has 1 unspecified atom stereocenters. The lowest BCUT2D eigenvalue weighted by Gasteiger charge is -2.16. The number of hydrogen-bond donors (Lipinski definition) is 2. The van der Waals surface area contributed by atoms with Crippen molar-refractivity contribution in [3.05, 3.63) is 59.3 Å². The van der Waals surface area contributed by atoms with Crippen LogP contribution in [0.15, 0.2) is 42.6 Å². The summed E-state index contributed by atoms with van der Waals surface area (Å²) in [6, 6.07) is 11.5. The van der Waals surface area contributed by atoms with E-state index in [1.54, 1.807) is 24.4 Å². The van der Waals surface area contributed by atoms with Crippen molar-refractivity contribution in [2.24, 2.45) is 0 Å². The van der Waals surface area contributed by atoms with Gasteiger partial charge in [0.05, 0.1) is 30.6 Å². The predicted octanol–water partition coefficient (Wildman–Crippen LogP) is 4.34. The number of amides is 2. The minimum Gasteiger partial charge on any atom is -0.451 e. The summed E-state index contributed by atoms with van der Waals surface area (Å²) in [6.07, 6.45) is 5.45. The van der Waals surface area contributed by atoms with Crippen molar-refractivity contribution < 1.29 is 14.3 Å². The van der Waals surface area contributed by atoms with Gasteiger partial charge in [0.2, 0.25) is 0 Å². The monoisotopic (exact) mass is 390 g/mol. The number of carbonyl (C=O) groups is 2. The van der Waals surface area contributed by atoms with Crippen molar-refractivity contribution >= 4 is 28.7 Å². The molecular weight excluding hydrogens is 368 g/mol. The van der Waals surface area contributed by atoms with Crippen LogP contribution in [-0.2, 0) is 11.2 Å². The normalized spacial score (nSPS) is 17.8. The van der Waals surface area contributed by atoms with E-state index in [1.165, 1.54) is 41.3 Å². The van der Waals surface area contributed by atoms with Gasteiger partial charge < -0.3 is 15.4 Å². The molecule has 1 aromatic heterocycles. The molecule has 0 bridgehead atoms. The minimum atomic E-state index is -0.573. The zero-order valence-corrected chi connectivity index (χ0v) is 16.1.